The van der Waals surface area contributed by atoms with E-state index in [2.05, 4.69) is 152 Å². The fraction of sp³-hybridized carbons (Fsp3) is 0.900. The summed E-state index contributed by atoms with van der Waals surface area (Å²) < 4.78 is 29.1. The SMILES string of the molecule is CCC[CH2][Sn](/[CH]=C/C(C)=C/[C@H](O[Si](C)(C)C(C)(C)C)[C@H](C[C@@H](C)O[Si](C)(C)C(C)(C)C)O[Si](C)(C)C(C)(C)C)([CH2]CCC)[CH2]CCC. The first-order valence-electron chi connectivity index (χ1n) is 19.5. The third-order valence-corrected chi connectivity index (χ3v) is 39.6. The summed E-state index contributed by atoms with van der Waals surface area (Å²) in [5, 5.41) is 0.390. The molecule has 0 fully saturated rings. The molecule has 0 aromatic heterocycles. The van der Waals surface area contributed by atoms with Gasteiger partial charge in [0.25, 0.3) is 0 Å². The quantitative estimate of drug-likeness (QED) is 0.0853. The van der Waals surface area contributed by atoms with Gasteiger partial charge in [-0.25, -0.2) is 0 Å². The Labute approximate surface area is 304 Å². The van der Waals surface area contributed by atoms with Crippen molar-refractivity contribution in [1.82, 2.24) is 0 Å². The molecule has 47 heavy (non-hydrogen) atoms. The van der Waals surface area contributed by atoms with Gasteiger partial charge in [-0.05, 0) is 0 Å². The van der Waals surface area contributed by atoms with E-state index in [-0.39, 0.29) is 33.4 Å². The van der Waals surface area contributed by atoms with Crippen LogP contribution in [0.3, 0.4) is 0 Å². The monoisotopic (exact) mass is 818 g/mol. The Kier molecular flexibility index (Phi) is 19.9. The number of hydrogen-bond donors (Lipinski definition) is 0. The zero-order valence-electron chi connectivity index (χ0n) is 35.8. The molecular weight excluding hydrogens is 731 g/mol. The average molecular weight is 818 g/mol. The van der Waals surface area contributed by atoms with Crippen LogP contribution in [0, 0.1) is 0 Å². The van der Waals surface area contributed by atoms with E-state index in [0.29, 0.717) is 0 Å². The number of unbranched alkanes of at least 4 members (excludes halogenated alkanes) is 3. The summed E-state index contributed by atoms with van der Waals surface area (Å²) in [6, 6.07) is 0. The molecule has 0 aliphatic rings. The Bertz CT molecular complexity index is 929. The van der Waals surface area contributed by atoms with E-state index in [1.807, 2.05) is 0 Å². The molecule has 0 aliphatic carbocycles. The van der Waals surface area contributed by atoms with Crippen LogP contribution < -0.4 is 0 Å². The van der Waals surface area contributed by atoms with E-state index in [4.69, 9.17) is 13.3 Å². The van der Waals surface area contributed by atoms with Gasteiger partial charge in [-0.1, -0.05) is 0 Å². The second-order valence-corrected chi connectivity index (χ2v) is 46.9. The van der Waals surface area contributed by atoms with Crippen molar-refractivity contribution in [2.75, 3.05) is 0 Å². The zero-order chi connectivity index (χ0) is 37.1. The molecule has 3 nitrogen and oxygen atoms in total. The molecule has 0 radical (unpaired) electrons. The Balaban J connectivity index is 7.12. The zero-order valence-corrected chi connectivity index (χ0v) is 41.6. The van der Waals surface area contributed by atoms with Gasteiger partial charge in [0, 0.05) is 0 Å². The van der Waals surface area contributed by atoms with E-state index in [1.54, 1.807) is 0 Å². The van der Waals surface area contributed by atoms with E-state index in [1.165, 1.54) is 57.4 Å². The normalized spacial score (nSPS) is 17.0. The van der Waals surface area contributed by atoms with Crippen molar-refractivity contribution in [1.29, 1.82) is 0 Å². The summed E-state index contributed by atoms with van der Waals surface area (Å²) in [7, 11) is -6.15. The van der Waals surface area contributed by atoms with Crippen LogP contribution in [0.5, 0.6) is 0 Å². The molecule has 0 aromatic rings. The topological polar surface area (TPSA) is 27.7 Å². The van der Waals surface area contributed by atoms with Crippen LogP contribution in [0.15, 0.2) is 21.8 Å². The maximum atomic E-state index is 7.42. The van der Waals surface area contributed by atoms with Gasteiger partial charge in [0.1, 0.15) is 0 Å². The predicted molar refractivity (Wildman–Crippen MR) is 224 cm³/mol. The van der Waals surface area contributed by atoms with Crippen molar-refractivity contribution >= 4 is 43.3 Å². The Morgan fingerprint density at radius 1 is 0.617 bits per heavy atom. The molecule has 3 atom stereocenters. The molecule has 0 heterocycles. The van der Waals surface area contributed by atoms with Crippen LogP contribution in [-0.4, -0.2) is 61.6 Å². The van der Waals surface area contributed by atoms with E-state index in [9.17, 15) is 0 Å². The van der Waals surface area contributed by atoms with Crippen molar-refractivity contribution in [3.05, 3.63) is 21.8 Å². The van der Waals surface area contributed by atoms with Crippen molar-refractivity contribution in [3.8, 4) is 0 Å². The van der Waals surface area contributed by atoms with Crippen LogP contribution in [0.25, 0.3) is 0 Å². The second kappa shape index (κ2) is 19.6. The number of rotatable bonds is 21. The predicted octanol–water partition coefficient (Wildman–Crippen LogP) is 14.5. The third kappa shape index (κ3) is 16.4. The summed E-state index contributed by atoms with van der Waals surface area (Å²) in [6.45, 7) is 47.2. The molecule has 7 heteroatoms. The molecule has 0 aliphatic heterocycles. The average Bonchev–Trinajstić information content (AvgIpc) is 2.89. The first-order chi connectivity index (χ1) is 21.1. The molecule has 0 unspecified atom stereocenters. The van der Waals surface area contributed by atoms with Gasteiger partial charge in [-0.2, -0.15) is 0 Å². The summed E-state index contributed by atoms with van der Waals surface area (Å²) in [5.41, 5.74) is 1.35. The summed E-state index contributed by atoms with van der Waals surface area (Å²) in [4.78, 5) is 0. The molecule has 0 aromatic carbocycles. The van der Waals surface area contributed by atoms with Crippen LogP contribution in [0.1, 0.15) is 142 Å². The minimum atomic E-state index is -2.42. The molecular formula is C40H86O3Si3Sn. The van der Waals surface area contributed by atoms with Crippen LogP contribution >= 0.6 is 0 Å². The maximum absolute atomic E-state index is 7.42. The number of allylic oxidation sites excluding steroid dienone is 2. The standard InChI is InChI=1S/C28H59O3Si3.3C4H9.Sn/c1-19-22(2)20-24(30-33(15,16)27(7,8)9)25(31-34(17,18)28(10,11)12)21-23(3)29-32(13,14)26(4,5)6;3*1-3-4-2;/h1,19-20,23-25H,21H2,2-18H3;3*1,3-4H2,2H3;/b19-1?,22-20+;;;;/t23-,24+,25+;;;;/m1..../s1. The molecule has 0 amide bonds. The van der Waals surface area contributed by atoms with Gasteiger partial charge in [0.2, 0.25) is 0 Å². The fourth-order valence-electron chi connectivity index (χ4n) is 5.43. The van der Waals surface area contributed by atoms with Crippen LogP contribution in [-0.2, 0) is 13.3 Å². The van der Waals surface area contributed by atoms with Gasteiger partial charge >= 0.3 is 306 Å². The van der Waals surface area contributed by atoms with Gasteiger partial charge in [0.05, 0.1) is 0 Å². The summed E-state index contributed by atoms with van der Waals surface area (Å²) >= 11 is -2.42. The molecule has 0 saturated carbocycles. The molecule has 0 rings (SSSR count). The van der Waals surface area contributed by atoms with Gasteiger partial charge < -0.3 is 0 Å². The molecule has 280 valence electrons. The van der Waals surface area contributed by atoms with E-state index >= 15 is 0 Å². The van der Waals surface area contributed by atoms with Crippen molar-refractivity contribution in [3.63, 3.8) is 0 Å². The summed E-state index contributed by atoms with van der Waals surface area (Å²) in [5.74, 6) is 0. The van der Waals surface area contributed by atoms with Gasteiger partial charge in [-0.15, -0.1) is 0 Å². The Morgan fingerprint density at radius 2 is 0.979 bits per heavy atom. The minimum absolute atomic E-state index is 0.0540. The van der Waals surface area contributed by atoms with Crippen LogP contribution in [0.2, 0.25) is 67.7 Å². The number of hydrogen-bond acceptors (Lipinski definition) is 3. The van der Waals surface area contributed by atoms with E-state index < -0.39 is 43.3 Å². The second-order valence-electron chi connectivity index (χ2n) is 19.6. The van der Waals surface area contributed by atoms with Crippen molar-refractivity contribution in [2.24, 2.45) is 0 Å². The van der Waals surface area contributed by atoms with Crippen LogP contribution in [0.4, 0.5) is 0 Å². The molecule has 0 saturated heterocycles. The van der Waals surface area contributed by atoms with Gasteiger partial charge in [0.15, 0.2) is 0 Å². The molecule has 0 bridgehead atoms. The Hall–Kier alpha value is 0.809. The van der Waals surface area contributed by atoms with Gasteiger partial charge in [-0.3, -0.25) is 0 Å². The fourth-order valence-corrected chi connectivity index (χ4v) is 23.9. The molecule has 0 N–H and O–H groups in total. The van der Waals surface area contributed by atoms with Crippen molar-refractivity contribution < 1.29 is 13.3 Å². The van der Waals surface area contributed by atoms with Crippen molar-refractivity contribution in [2.45, 2.75) is 228 Å². The first kappa shape index (κ1) is 47.8. The first-order valence-corrected chi connectivity index (χ1v) is 35.9. The molecule has 0 spiro atoms. The third-order valence-electron chi connectivity index (χ3n) is 11.9. The van der Waals surface area contributed by atoms with E-state index in [0.717, 1.165) is 6.42 Å². The summed E-state index contributed by atoms with van der Waals surface area (Å²) in [6.07, 6.45) is 13.9. The Morgan fingerprint density at radius 3 is 1.34 bits per heavy atom.